The highest BCUT2D eigenvalue weighted by molar-refractivity contribution is 6.39. The van der Waals surface area contributed by atoms with Crippen LogP contribution in [0.2, 0.25) is 0 Å². The van der Waals surface area contributed by atoms with E-state index < -0.39 is 23.8 Å². The summed E-state index contributed by atoms with van der Waals surface area (Å²) >= 11 is 0. The average Bonchev–Trinajstić information content (AvgIpc) is 2.83. The molecule has 1 heterocycles. The summed E-state index contributed by atoms with van der Waals surface area (Å²) in [6.45, 7) is 4.05. The number of carbonyl (C=O) groups is 4. The van der Waals surface area contributed by atoms with Crippen molar-refractivity contribution >= 4 is 35.6 Å². The van der Waals surface area contributed by atoms with Crippen molar-refractivity contribution in [3.8, 4) is 5.75 Å². The van der Waals surface area contributed by atoms with Crippen molar-refractivity contribution in [3.05, 3.63) is 100 Å². The Labute approximate surface area is 201 Å². The summed E-state index contributed by atoms with van der Waals surface area (Å²) in [5.74, 6) is -1.90. The highest BCUT2D eigenvalue weighted by Crippen LogP contribution is 2.24. The number of rotatable bonds is 6. The molecular weight excluding hydrogens is 448 g/mol. The van der Waals surface area contributed by atoms with Crippen LogP contribution in [0.5, 0.6) is 5.75 Å². The molecule has 4 rings (SSSR count). The average molecular weight is 470 g/mol. The lowest BCUT2D eigenvalue weighted by molar-refractivity contribution is -0.122. The predicted molar refractivity (Wildman–Crippen MR) is 129 cm³/mol. The van der Waals surface area contributed by atoms with E-state index in [0.29, 0.717) is 17.0 Å². The molecule has 0 aromatic heterocycles. The van der Waals surface area contributed by atoms with E-state index in [1.807, 2.05) is 19.9 Å². The van der Waals surface area contributed by atoms with E-state index >= 15 is 0 Å². The summed E-state index contributed by atoms with van der Waals surface area (Å²) < 4.78 is 5.72. The van der Waals surface area contributed by atoms with Crippen LogP contribution in [-0.4, -0.2) is 28.9 Å². The van der Waals surface area contributed by atoms with Gasteiger partial charge in [-0.15, -0.1) is 0 Å². The summed E-state index contributed by atoms with van der Waals surface area (Å²) in [7, 11) is 0. The maximum Gasteiger partial charge on any atom is 0.335 e. The molecule has 8 nitrogen and oxygen atoms in total. The highest BCUT2D eigenvalue weighted by atomic mass is 16.5. The molecule has 0 aliphatic carbocycles. The second-order valence-electron chi connectivity index (χ2n) is 8.09. The first-order valence-corrected chi connectivity index (χ1v) is 10.8. The second kappa shape index (κ2) is 9.64. The number of hydrogen-bond acceptors (Lipinski definition) is 5. The van der Waals surface area contributed by atoms with Crippen molar-refractivity contribution in [2.75, 3.05) is 4.90 Å². The van der Waals surface area contributed by atoms with Gasteiger partial charge in [-0.25, -0.2) is 14.5 Å². The van der Waals surface area contributed by atoms with Gasteiger partial charge in [0.2, 0.25) is 0 Å². The Balaban J connectivity index is 1.49. The van der Waals surface area contributed by atoms with Crippen LogP contribution in [0.4, 0.5) is 10.5 Å². The van der Waals surface area contributed by atoms with Gasteiger partial charge in [-0.05, 0) is 78.6 Å². The van der Waals surface area contributed by atoms with E-state index in [-0.39, 0.29) is 17.7 Å². The van der Waals surface area contributed by atoms with E-state index in [4.69, 9.17) is 9.84 Å². The zero-order valence-corrected chi connectivity index (χ0v) is 19.1. The topological polar surface area (TPSA) is 113 Å². The first-order chi connectivity index (χ1) is 16.7. The Morgan fingerprint density at radius 3 is 2.26 bits per heavy atom. The molecule has 3 aromatic rings. The molecule has 0 atom stereocenters. The summed E-state index contributed by atoms with van der Waals surface area (Å²) in [6, 6.07) is 17.5. The molecule has 1 saturated heterocycles. The SMILES string of the molecule is Cc1ccc(N2C(=O)NC(=O)/C(=C\c3ccc(OCc4ccc(C(=O)O)cc4)cc3)C2=O)cc1C. The summed E-state index contributed by atoms with van der Waals surface area (Å²) in [6.07, 6.45) is 1.42. The van der Waals surface area contributed by atoms with Crippen LogP contribution in [0.15, 0.2) is 72.3 Å². The first kappa shape index (κ1) is 23.4. The van der Waals surface area contributed by atoms with Gasteiger partial charge in [0.1, 0.15) is 17.9 Å². The molecule has 1 aliphatic heterocycles. The third kappa shape index (κ3) is 5.11. The van der Waals surface area contributed by atoms with Gasteiger partial charge in [0, 0.05) is 0 Å². The van der Waals surface area contributed by atoms with Crippen molar-refractivity contribution in [1.82, 2.24) is 5.32 Å². The summed E-state index contributed by atoms with van der Waals surface area (Å²) in [4.78, 5) is 49.7. The number of anilines is 1. The number of amides is 4. The molecule has 0 radical (unpaired) electrons. The third-order valence-electron chi connectivity index (χ3n) is 5.65. The van der Waals surface area contributed by atoms with Crippen molar-refractivity contribution in [1.29, 1.82) is 0 Å². The van der Waals surface area contributed by atoms with Gasteiger partial charge in [-0.1, -0.05) is 30.3 Å². The fraction of sp³-hybridized carbons (Fsp3) is 0.111. The molecule has 176 valence electrons. The molecular formula is C27H22N2O6. The molecule has 0 spiro atoms. The highest BCUT2D eigenvalue weighted by Gasteiger charge is 2.36. The molecule has 35 heavy (non-hydrogen) atoms. The largest absolute Gasteiger partial charge is 0.489 e. The predicted octanol–water partition coefficient (Wildman–Crippen LogP) is 4.25. The first-order valence-electron chi connectivity index (χ1n) is 10.8. The molecule has 0 unspecified atom stereocenters. The van der Waals surface area contributed by atoms with Gasteiger partial charge in [0.05, 0.1) is 11.3 Å². The monoisotopic (exact) mass is 470 g/mol. The minimum Gasteiger partial charge on any atom is -0.489 e. The van der Waals surface area contributed by atoms with E-state index in [1.54, 1.807) is 48.5 Å². The number of ether oxygens (including phenoxy) is 1. The Morgan fingerprint density at radius 2 is 1.63 bits per heavy atom. The zero-order valence-electron chi connectivity index (χ0n) is 19.1. The van der Waals surface area contributed by atoms with Crippen LogP contribution < -0.4 is 15.0 Å². The number of benzene rings is 3. The zero-order chi connectivity index (χ0) is 25.1. The van der Waals surface area contributed by atoms with Gasteiger partial charge in [-0.2, -0.15) is 0 Å². The van der Waals surface area contributed by atoms with Gasteiger partial charge in [0.15, 0.2) is 0 Å². The van der Waals surface area contributed by atoms with Crippen molar-refractivity contribution in [2.45, 2.75) is 20.5 Å². The number of imide groups is 2. The maximum absolute atomic E-state index is 13.1. The molecule has 2 N–H and O–H groups in total. The number of nitrogens with zero attached hydrogens (tertiary/aromatic N) is 1. The number of nitrogens with one attached hydrogen (secondary N) is 1. The number of urea groups is 1. The van der Waals surface area contributed by atoms with Gasteiger partial charge in [-0.3, -0.25) is 14.9 Å². The van der Waals surface area contributed by atoms with Crippen LogP contribution in [0, 0.1) is 13.8 Å². The Morgan fingerprint density at radius 1 is 0.943 bits per heavy atom. The number of aryl methyl sites for hydroxylation is 2. The number of carboxylic acid groups (broad SMARTS) is 1. The van der Waals surface area contributed by atoms with Crippen LogP contribution in [-0.2, 0) is 16.2 Å². The van der Waals surface area contributed by atoms with Crippen LogP contribution in [0.25, 0.3) is 6.08 Å². The molecule has 4 amide bonds. The van der Waals surface area contributed by atoms with E-state index in [1.165, 1.54) is 18.2 Å². The van der Waals surface area contributed by atoms with E-state index in [0.717, 1.165) is 21.6 Å². The number of barbiturate groups is 1. The standard InChI is InChI=1S/C27H22N2O6/c1-16-3-10-21(13-17(16)2)29-25(31)23(24(30)28-27(29)34)14-18-6-11-22(12-7-18)35-15-19-4-8-20(9-5-19)26(32)33/h3-14H,15H2,1-2H3,(H,32,33)(H,28,30,34)/b23-14+. The molecule has 8 heteroatoms. The fourth-order valence-corrected chi connectivity index (χ4v) is 3.49. The molecule has 1 fully saturated rings. The lowest BCUT2D eigenvalue weighted by Gasteiger charge is -2.26. The van der Waals surface area contributed by atoms with Gasteiger partial charge >= 0.3 is 12.0 Å². The number of carbonyl (C=O) groups excluding carboxylic acids is 3. The van der Waals surface area contributed by atoms with Gasteiger partial charge < -0.3 is 9.84 Å². The van der Waals surface area contributed by atoms with Crippen LogP contribution >= 0.6 is 0 Å². The molecule has 3 aromatic carbocycles. The lowest BCUT2D eigenvalue weighted by atomic mass is 10.1. The number of aromatic carboxylic acids is 1. The Hall–Kier alpha value is -4.72. The summed E-state index contributed by atoms with van der Waals surface area (Å²) in [5, 5.41) is 11.2. The van der Waals surface area contributed by atoms with Crippen LogP contribution in [0.3, 0.4) is 0 Å². The minimum atomic E-state index is -0.992. The Kier molecular flexibility index (Phi) is 6.46. The third-order valence-corrected chi connectivity index (χ3v) is 5.65. The minimum absolute atomic E-state index is 0.157. The normalized spacial score (nSPS) is 14.7. The van der Waals surface area contributed by atoms with Crippen molar-refractivity contribution in [3.63, 3.8) is 0 Å². The van der Waals surface area contributed by atoms with E-state index in [2.05, 4.69) is 5.32 Å². The maximum atomic E-state index is 13.1. The molecule has 0 bridgehead atoms. The molecule has 1 aliphatic rings. The second-order valence-corrected chi connectivity index (χ2v) is 8.09. The number of carboxylic acids is 1. The van der Waals surface area contributed by atoms with Crippen molar-refractivity contribution < 1.29 is 29.0 Å². The smallest absolute Gasteiger partial charge is 0.335 e. The number of hydrogen-bond donors (Lipinski definition) is 2. The summed E-state index contributed by atoms with van der Waals surface area (Å²) in [5.41, 5.74) is 3.75. The van der Waals surface area contributed by atoms with Crippen molar-refractivity contribution in [2.24, 2.45) is 0 Å². The fourth-order valence-electron chi connectivity index (χ4n) is 3.49. The molecule has 0 saturated carbocycles. The lowest BCUT2D eigenvalue weighted by Crippen LogP contribution is -2.54. The quantitative estimate of drug-likeness (QED) is 0.411. The Bertz CT molecular complexity index is 1360. The van der Waals surface area contributed by atoms with Crippen LogP contribution in [0.1, 0.15) is 32.6 Å². The van der Waals surface area contributed by atoms with E-state index in [9.17, 15) is 19.2 Å². The van der Waals surface area contributed by atoms with Gasteiger partial charge in [0.25, 0.3) is 11.8 Å².